The van der Waals surface area contributed by atoms with E-state index < -0.39 is 12.6 Å². The first-order valence-corrected chi connectivity index (χ1v) is 8.33. The Kier molecular flexibility index (Phi) is 6.93. The van der Waals surface area contributed by atoms with Crippen LogP contribution in [0, 0.1) is 13.8 Å². The van der Waals surface area contributed by atoms with Crippen LogP contribution in [0.15, 0.2) is 47.6 Å². The maximum atomic E-state index is 12.0. The van der Waals surface area contributed by atoms with Crippen LogP contribution in [0.1, 0.15) is 23.6 Å². The molecule has 0 atom stereocenters. The summed E-state index contributed by atoms with van der Waals surface area (Å²) in [6.45, 7) is 5.01. The fraction of sp³-hybridized carbons (Fsp3) is 0.250. The molecule has 0 spiro atoms. The lowest BCUT2D eigenvalue weighted by Gasteiger charge is -2.09. The van der Waals surface area contributed by atoms with Gasteiger partial charge < -0.3 is 14.6 Å². The van der Waals surface area contributed by atoms with Crippen LogP contribution in [0.4, 0.5) is 0 Å². The first-order chi connectivity index (χ1) is 12.8. The second kappa shape index (κ2) is 9.38. The summed E-state index contributed by atoms with van der Waals surface area (Å²) in [5.74, 6) is -0.362. The molecule has 27 heavy (non-hydrogen) atoms. The van der Waals surface area contributed by atoms with Crippen molar-refractivity contribution < 1.29 is 24.2 Å². The molecule has 2 rings (SSSR count). The molecule has 7 nitrogen and oxygen atoms in total. The van der Waals surface area contributed by atoms with Crippen molar-refractivity contribution in [1.82, 2.24) is 5.43 Å². The highest BCUT2D eigenvalue weighted by Crippen LogP contribution is 2.18. The second-order valence-electron chi connectivity index (χ2n) is 6.00. The Morgan fingerprint density at radius 2 is 1.85 bits per heavy atom. The molecule has 0 fully saturated rings. The number of aryl methyl sites for hydroxylation is 2. The third-order valence-corrected chi connectivity index (χ3v) is 3.66. The Balaban J connectivity index is 1.92. The van der Waals surface area contributed by atoms with E-state index >= 15 is 0 Å². The van der Waals surface area contributed by atoms with Gasteiger partial charge in [-0.05, 0) is 50.1 Å². The monoisotopic (exact) mass is 370 g/mol. The lowest BCUT2D eigenvalue weighted by atomic mass is 10.1. The van der Waals surface area contributed by atoms with E-state index in [0.29, 0.717) is 22.8 Å². The zero-order valence-corrected chi connectivity index (χ0v) is 15.5. The van der Waals surface area contributed by atoms with Crippen LogP contribution >= 0.6 is 0 Å². The molecule has 2 aromatic carbocycles. The minimum absolute atomic E-state index is 0.150. The predicted octanol–water partition coefficient (Wildman–Crippen LogP) is 2.69. The number of carbonyl (C=O) groups is 2. The molecular formula is C20H22N2O5. The molecule has 0 bridgehead atoms. The molecule has 2 aromatic rings. The van der Waals surface area contributed by atoms with Crippen LogP contribution < -0.4 is 14.9 Å². The zero-order chi connectivity index (χ0) is 19.8. The number of hydrogen-bond donors (Lipinski definition) is 2. The second-order valence-corrected chi connectivity index (χ2v) is 6.00. The highest BCUT2D eigenvalue weighted by Gasteiger charge is 2.06. The van der Waals surface area contributed by atoms with Gasteiger partial charge in [-0.15, -0.1) is 0 Å². The molecule has 0 unspecified atom stereocenters. The standard InChI is InChI=1S/C20H22N2O5/c1-13-7-8-14(2)18(9-13)27-11-19(23)22-21-15(3)16-5-4-6-17(10-16)26-12-20(24)25/h4-10H,11-12H2,1-3H3,(H,22,23)(H,24,25)/b21-15-. The van der Waals surface area contributed by atoms with Crippen molar-refractivity contribution >= 4 is 17.6 Å². The van der Waals surface area contributed by atoms with Gasteiger partial charge in [-0.3, -0.25) is 4.79 Å². The van der Waals surface area contributed by atoms with Crippen molar-refractivity contribution in [2.45, 2.75) is 20.8 Å². The summed E-state index contributed by atoms with van der Waals surface area (Å²) >= 11 is 0. The molecule has 0 saturated carbocycles. The van der Waals surface area contributed by atoms with Gasteiger partial charge in [0.2, 0.25) is 0 Å². The Bertz CT molecular complexity index is 861. The van der Waals surface area contributed by atoms with E-state index in [1.165, 1.54) is 0 Å². The molecule has 142 valence electrons. The maximum Gasteiger partial charge on any atom is 0.341 e. The summed E-state index contributed by atoms with van der Waals surface area (Å²) in [7, 11) is 0. The molecule has 7 heteroatoms. The number of rotatable bonds is 8. The van der Waals surface area contributed by atoms with Crippen molar-refractivity contribution in [3.8, 4) is 11.5 Å². The van der Waals surface area contributed by atoms with Gasteiger partial charge in [-0.1, -0.05) is 24.3 Å². The number of nitrogens with zero attached hydrogens (tertiary/aromatic N) is 1. The third-order valence-electron chi connectivity index (χ3n) is 3.66. The van der Waals surface area contributed by atoms with Crippen LogP contribution in [0.3, 0.4) is 0 Å². The molecule has 0 aliphatic heterocycles. The molecular weight excluding hydrogens is 348 g/mol. The van der Waals surface area contributed by atoms with E-state index in [9.17, 15) is 9.59 Å². The van der Waals surface area contributed by atoms with Crippen molar-refractivity contribution in [3.63, 3.8) is 0 Å². The summed E-state index contributed by atoms with van der Waals surface area (Å²) in [5, 5.41) is 12.7. The highest BCUT2D eigenvalue weighted by molar-refractivity contribution is 5.99. The van der Waals surface area contributed by atoms with Gasteiger partial charge in [0.1, 0.15) is 11.5 Å². The van der Waals surface area contributed by atoms with E-state index in [-0.39, 0.29) is 12.5 Å². The van der Waals surface area contributed by atoms with Gasteiger partial charge >= 0.3 is 5.97 Å². The summed E-state index contributed by atoms with van der Waals surface area (Å²) in [4.78, 5) is 22.5. The fourth-order valence-corrected chi connectivity index (χ4v) is 2.21. The van der Waals surface area contributed by atoms with Crippen LogP contribution in [-0.2, 0) is 9.59 Å². The Morgan fingerprint density at radius 1 is 1.07 bits per heavy atom. The van der Waals surface area contributed by atoms with Crippen molar-refractivity contribution in [1.29, 1.82) is 0 Å². The van der Waals surface area contributed by atoms with Gasteiger partial charge in [0.15, 0.2) is 13.2 Å². The largest absolute Gasteiger partial charge is 0.483 e. The summed E-state index contributed by atoms with van der Waals surface area (Å²) in [6.07, 6.45) is 0. The SMILES string of the molecule is C/C(=N/NC(=O)COc1cc(C)ccc1C)c1cccc(OCC(=O)O)c1. The van der Waals surface area contributed by atoms with Gasteiger partial charge in [-0.25, -0.2) is 10.2 Å². The molecule has 0 aliphatic rings. The lowest BCUT2D eigenvalue weighted by molar-refractivity contribution is -0.139. The van der Waals surface area contributed by atoms with Crippen molar-refractivity contribution in [2.75, 3.05) is 13.2 Å². The van der Waals surface area contributed by atoms with E-state index in [4.69, 9.17) is 14.6 Å². The molecule has 1 amide bonds. The highest BCUT2D eigenvalue weighted by atomic mass is 16.5. The smallest absolute Gasteiger partial charge is 0.341 e. The fourth-order valence-electron chi connectivity index (χ4n) is 2.21. The quantitative estimate of drug-likeness (QED) is 0.550. The predicted molar refractivity (Wildman–Crippen MR) is 101 cm³/mol. The van der Waals surface area contributed by atoms with E-state index in [1.54, 1.807) is 31.2 Å². The number of carboxylic acids is 1. The Morgan fingerprint density at radius 3 is 2.59 bits per heavy atom. The van der Waals surface area contributed by atoms with Crippen LogP contribution in [-0.4, -0.2) is 35.9 Å². The molecule has 0 radical (unpaired) electrons. The maximum absolute atomic E-state index is 12.0. The normalized spacial score (nSPS) is 11.0. The van der Waals surface area contributed by atoms with E-state index in [0.717, 1.165) is 11.1 Å². The first-order valence-electron chi connectivity index (χ1n) is 8.33. The number of hydrogen-bond acceptors (Lipinski definition) is 5. The summed E-state index contributed by atoms with van der Waals surface area (Å²) < 4.78 is 10.7. The number of hydrazone groups is 1. The first kappa shape index (κ1) is 20.0. The number of amides is 1. The third kappa shape index (κ3) is 6.47. The molecule has 2 N–H and O–H groups in total. The van der Waals surface area contributed by atoms with E-state index in [1.807, 2.05) is 32.0 Å². The average molecular weight is 370 g/mol. The van der Waals surface area contributed by atoms with Crippen LogP contribution in [0.2, 0.25) is 0 Å². The Hall–Kier alpha value is -3.35. The number of ether oxygens (including phenoxy) is 2. The average Bonchev–Trinajstić information content (AvgIpc) is 2.65. The number of carboxylic acid groups (broad SMARTS) is 1. The minimum atomic E-state index is -1.05. The zero-order valence-electron chi connectivity index (χ0n) is 15.5. The molecule has 0 aliphatic carbocycles. The van der Waals surface area contributed by atoms with Gasteiger partial charge in [0.05, 0.1) is 5.71 Å². The molecule has 0 aromatic heterocycles. The minimum Gasteiger partial charge on any atom is -0.483 e. The number of carbonyl (C=O) groups excluding carboxylic acids is 1. The summed E-state index contributed by atoms with van der Waals surface area (Å²) in [6, 6.07) is 12.6. The number of aliphatic carboxylic acids is 1. The summed E-state index contributed by atoms with van der Waals surface area (Å²) in [5.41, 5.74) is 5.70. The Labute approximate surface area is 157 Å². The van der Waals surface area contributed by atoms with Gasteiger partial charge in [-0.2, -0.15) is 5.10 Å². The van der Waals surface area contributed by atoms with Gasteiger partial charge in [0, 0.05) is 5.56 Å². The van der Waals surface area contributed by atoms with Crippen LogP contribution in [0.25, 0.3) is 0 Å². The number of nitrogens with one attached hydrogen (secondary N) is 1. The lowest BCUT2D eigenvalue weighted by Crippen LogP contribution is -2.25. The topological polar surface area (TPSA) is 97.2 Å². The van der Waals surface area contributed by atoms with Gasteiger partial charge in [0.25, 0.3) is 5.91 Å². The van der Waals surface area contributed by atoms with Crippen LogP contribution in [0.5, 0.6) is 11.5 Å². The van der Waals surface area contributed by atoms with Crippen molar-refractivity contribution in [3.05, 3.63) is 59.2 Å². The number of benzene rings is 2. The van der Waals surface area contributed by atoms with Crippen molar-refractivity contribution in [2.24, 2.45) is 5.10 Å². The van der Waals surface area contributed by atoms with E-state index in [2.05, 4.69) is 10.5 Å². The molecule has 0 saturated heterocycles. The molecule has 0 heterocycles.